The van der Waals surface area contributed by atoms with Gasteiger partial charge in [0, 0.05) is 12.7 Å². The van der Waals surface area contributed by atoms with E-state index in [2.05, 4.69) is 9.97 Å². The highest BCUT2D eigenvalue weighted by Gasteiger charge is 2.35. The zero-order valence-corrected chi connectivity index (χ0v) is 17.4. The number of hydrogen-bond donors (Lipinski definition) is 0. The summed E-state index contributed by atoms with van der Waals surface area (Å²) in [5.41, 5.74) is -2.92. The number of hydrogen-bond acceptors (Lipinski definition) is 5. The molecule has 7 nitrogen and oxygen atoms in total. The van der Waals surface area contributed by atoms with Gasteiger partial charge in [0.25, 0.3) is 5.56 Å². The minimum absolute atomic E-state index is 0.0616. The third-order valence-corrected chi connectivity index (χ3v) is 4.26. The predicted molar refractivity (Wildman–Crippen MR) is 109 cm³/mol. The minimum Gasteiger partial charge on any atom is -0.443 e. The fourth-order valence-electron chi connectivity index (χ4n) is 3.02. The minimum atomic E-state index is -4.76. The average molecular weight is 434 g/mol. The second kappa shape index (κ2) is 8.01. The number of amides is 1. The second-order valence-electron chi connectivity index (χ2n) is 7.69. The van der Waals surface area contributed by atoms with Gasteiger partial charge in [-0.25, -0.2) is 19.2 Å². The Morgan fingerprint density at radius 3 is 2.42 bits per heavy atom. The number of carbonyl (C=O) groups is 1. The van der Waals surface area contributed by atoms with Crippen molar-refractivity contribution in [3.63, 3.8) is 0 Å². The van der Waals surface area contributed by atoms with Crippen molar-refractivity contribution in [3.05, 3.63) is 58.6 Å². The summed E-state index contributed by atoms with van der Waals surface area (Å²) in [7, 11) is 0. The van der Waals surface area contributed by atoms with Crippen LogP contribution in [0.25, 0.3) is 16.6 Å². The molecule has 0 fully saturated rings. The molecule has 0 N–H and O–H groups in total. The molecule has 0 spiro atoms. The fourth-order valence-corrected chi connectivity index (χ4v) is 3.02. The van der Waals surface area contributed by atoms with Gasteiger partial charge in [-0.3, -0.25) is 9.78 Å². The van der Waals surface area contributed by atoms with E-state index in [1.165, 1.54) is 36.7 Å². The largest absolute Gasteiger partial charge is 0.443 e. The van der Waals surface area contributed by atoms with Crippen LogP contribution in [0, 0.1) is 0 Å². The molecule has 0 aliphatic carbocycles. The molecule has 31 heavy (non-hydrogen) atoms. The molecule has 2 aromatic heterocycles. The van der Waals surface area contributed by atoms with Crippen LogP contribution in [0.5, 0.6) is 0 Å². The highest BCUT2D eigenvalue weighted by Crippen LogP contribution is 2.34. The molecule has 0 aliphatic heterocycles. The highest BCUT2D eigenvalue weighted by molar-refractivity contribution is 5.89. The third kappa shape index (κ3) is 4.52. The molecule has 164 valence electrons. The van der Waals surface area contributed by atoms with Gasteiger partial charge in [0.05, 0.1) is 28.4 Å². The highest BCUT2D eigenvalue weighted by atomic mass is 19.4. The van der Waals surface area contributed by atoms with Crippen molar-refractivity contribution < 1.29 is 22.7 Å². The van der Waals surface area contributed by atoms with Gasteiger partial charge in [-0.1, -0.05) is 6.07 Å². The molecule has 0 unspecified atom stereocenters. The van der Waals surface area contributed by atoms with Gasteiger partial charge in [0.1, 0.15) is 5.60 Å². The van der Waals surface area contributed by atoms with Crippen molar-refractivity contribution >= 4 is 22.9 Å². The lowest BCUT2D eigenvalue weighted by molar-refractivity contribution is -0.136. The van der Waals surface area contributed by atoms with E-state index in [1.807, 2.05) is 0 Å². The van der Waals surface area contributed by atoms with Gasteiger partial charge in [-0.05, 0) is 52.0 Å². The van der Waals surface area contributed by atoms with Crippen LogP contribution in [0.1, 0.15) is 33.3 Å². The monoisotopic (exact) mass is 434 g/mol. The Bertz CT molecular complexity index is 1170. The summed E-state index contributed by atoms with van der Waals surface area (Å²) in [6.45, 7) is 6.73. The summed E-state index contributed by atoms with van der Waals surface area (Å²) >= 11 is 0. The van der Waals surface area contributed by atoms with E-state index < -0.39 is 34.4 Å². The standard InChI is InChI=1S/C21H21F3N4O3/c1-5-27(19(30)31-20(2,3)4)18-26-15-10-6-9-14(21(22,23)24)16(15)17(29)28(18)13-8-7-11-25-12-13/h6-12H,5H2,1-4H3. The Morgan fingerprint density at radius 1 is 1.16 bits per heavy atom. The van der Waals surface area contributed by atoms with Crippen molar-refractivity contribution in [2.24, 2.45) is 0 Å². The van der Waals surface area contributed by atoms with Gasteiger partial charge in [-0.2, -0.15) is 13.2 Å². The SMILES string of the molecule is CCN(C(=O)OC(C)(C)C)c1nc2cccc(C(F)(F)F)c2c(=O)n1-c1cccnc1. The first-order valence-electron chi connectivity index (χ1n) is 9.48. The maximum atomic E-state index is 13.6. The zero-order valence-electron chi connectivity index (χ0n) is 17.4. The van der Waals surface area contributed by atoms with E-state index in [-0.39, 0.29) is 23.7 Å². The van der Waals surface area contributed by atoms with Crippen LogP contribution in [0.15, 0.2) is 47.5 Å². The van der Waals surface area contributed by atoms with E-state index in [1.54, 1.807) is 27.7 Å². The van der Waals surface area contributed by atoms with Crippen LogP contribution in [0.4, 0.5) is 23.9 Å². The van der Waals surface area contributed by atoms with Gasteiger partial charge >= 0.3 is 12.3 Å². The van der Waals surface area contributed by atoms with Gasteiger partial charge < -0.3 is 4.74 Å². The van der Waals surface area contributed by atoms with E-state index in [0.717, 1.165) is 15.5 Å². The van der Waals surface area contributed by atoms with E-state index in [0.29, 0.717) is 0 Å². The van der Waals surface area contributed by atoms with Crippen molar-refractivity contribution in [1.29, 1.82) is 0 Å². The summed E-state index contributed by atoms with van der Waals surface area (Å²) in [6, 6.07) is 6.30. The van der Waals surface area contributed by atoms with Crippen LogP contribution < -0.4 is 10.5 Å². The maximum absolute atomic E-state index is 13.6. The lowest BCUT2D eigenvalue weighted by atomic mass is 10.1. The summed E-state index contributed by atoms with van der Waals surface area (Å²) in [5.74, 6) is -0.165. The van der Waals surface area contributed by atoms with Gasteiger partial charge in [-0.15, -0.1) is 0 Å². The smallest absolute Gasteiger partial charge is 0.417 e. The van der Waals surface area contributed by atoms with E-state index >= 15 is 0 Å². The van der Waals surface area contributed by atoms with Crippen LogP contribution in [-0.2, 0) is 10.9 Å². The summed E-state index contributed by atoms with van der Waals surface area (Å²) in [5, 5.41) is -0.595. The van der Waals surface area contributed by atoms with Crippen LogP contribution >= 0.6 is 0 Å². The number of carbonyl (C=O) groups excluding carboxylic acids is 1. The van der Waals surface area contributed by atoms with Gasteiger partial charge in [0.15, 0.2) is 0 Å². The van der Waals surface area contributed by atoms with Crippen molar-refractivity contribution in [1.82, 2.24) is 14.5 Å². The average Bonchev–Trinajstić information content (AvgIpc) is 2.67. The van der Waals surface area contributed by atoms with Crippen molar-refractivity contribution in [3.8, 4) is 5.69 Å². The number of anilines is 1. The molecular formula is C21H21F3N4O3. The lowest BCUT2D eigenvalue weighted by Crippen LogP contribution is -2.40. The molecule has 0 bridgehead atoms. The van der Waals surface area contributed by atoms with Crippen LogP contribution in [0.3, 0.4) is 0 Å². The first-order valence-corrected chi connectivity index (χ1v) is 9.48. The molecule has 1 aromatic carbocycles. The van der Waals surface area contributed by atoms with Crippen molar-refractivity contribution in [2.75, 3.05) is 11.4 Å². The number of alkyl halides is 3. The van der Waals surface area contributed by atoms with Gasteiger partial charge in [0.2, 0.25) is 5.95 Å². The van der Waals surface area contributed by atoms with Crippen molar-refractivity contribution in [2.45, 2.75) is 39.5 Å². The molecule has 0 saturated carbocycles. The number of aromatic nitrogens is 3. The Morgan fingerprint density at radius 2 is 1.87 bits per heavy atom. The Hall–Kier alpha value is -3.43. The Kier molecular flexibility index (Phi) is 5.75. The third-order valence-electron chi connectivity index (χ3n) is 4.26. The molecule has 2 heterocycles. The number of ether oxygens (including phenoxy) is 1. The molecule has 10 heteroatoms. The fraction of sp³-hybridized carbons (Fsp3) is 0.333. The van der Waals surface area contributed by atoms with Crippen LogP contribution in [0.2, 0.25) is 0 Å². The molecule has 0 saturated heterocycles. The zero-order chi connectivity index (χ0) is 23.0. The summed E-state index contributed by atoms with van der Waals surface area (Å²) in [6.07, 6.45) is -2.79. The number of benzene rings is 1. The summed E-state index contributed by atoms with van der Waals surface area (Å²) in [4.78, 5) is 35.5. The number of halogens is 3. The first kappa shape index (κ1) is 22.3. The molecule has 1 amide bonds. The molecule has 0 aliphatic rings. The molecule has 3 aromatic rings. The summed E-state index contributed by atoms with van der Waals surface area (Å²) < 4.78 is 47.1. The predicted octanol–water partition coefficient (Wildman–Crippen LogP) is 4.56. The molecule has 0 radical (unpaired) electrons. The van der Waals surface area contributed by atoms with E-state index in [4.69, 9.17) is 4.74 Å². The Balaban J connectivity index is 2.38. The first-order chi connectivity index (χ1) is 14.4. The molecule has 0 atom stereocenters. The number of fused-ring (bicyclic) bond motifs is 1. The topological polar surface area (TPSA) is 77.3 Å². The number of pyridine rings is 1. The van der Waals surface area contributed by atoms with E-state index in [9.17, 15) is 22.8 Å². The van der Waals surface area contributed by atoms with Crippen LogP contribution in [-0.4, -0.2) is 32.8 Å². The quantitative estimate of drug-likeness (QED) is 0.604. The Labute approximate surface area is 176 Å². The normalized spacial score (nSPS) is 12.1. The molecule has 3 rings (SSSR count). The maximum Gasteiger partial charge on any atom is 0.417 e. The lowest BCUT2D eigenvalue weighted by Gasteiger charge is -2.27. The number of rotatable bonds is 3. The second-order valence-corrected chi connectivity index (χ2v) is 7.69. The number of nitrogens with zero attached hydrogens (tertiary/aromatic N) is 4. The molecular weight excluding hydrogens is 413 g/mol.